The first kappa shape index (κ1) is 13.2. The molecule has 0 unspecified atom stereocenters. The van der Waals surface area contributed by atoms with Gasteiger partial charge >= 0.3 is 0 Å². The highest BCUT2D eigenvalue weighted by atomic mass is 16.3. The SMILES string of the molecule is CN1Cc2ccccc2C(O)=C1C(=O)Nc1ccccn1. The van der Waals surface area contributed by atoms with E-state index in [1.165, 1.54) is 0 Å². The van der Waals surface area contributed by atoms with E-state index in [0.29, 0.717) is 17.9 Å². The molecule has 1 aliphatic heterocycles. The molecule has 0 spiro atoms. The number of hydrogen-bond donors (Lipinski definition) is 2. The fourth-order valence-corrected chi connectivity index (χ4v) is 2.43. The third-order valence-electron chi connectivity index (χ3n) is 3.41. The van der Waals surface area contributed by atoms with Crippen LogP contribution in [0.1, 0.15) is 11.1 Å². The summed E-state index contributed by atoms with van der Waals surface area (Å²) in [7, 11) is 1.78. The first-order chi connectivity index (χ1) is 10.2. The summed E-state index contributed by atoms with van der Waals surface area (Å²) in [6.07, 6.45) is 1.60. The molecule has 0 aliphatic carbocycles. The molecule has 2 aromatic rings. The molecule has 3 rings (SSSR count). The zero-order valence-corrected chi connectivity index (χ0v) is 11.6. The van der Waals surface area contributed by atoms with Gasteiger partial charge in [0.15, 0.2) is 5.76 Å². The van der Waals surface area contributed by atoms with Crippen molar-refractivity contribution in [3.63, 3.8) is 0 Å². The van der Waals surface area contributed by atoms with Gasteiger partial charge in [0.25, 0.3) is 5.91 Å². The number of aromatic nitrogens is 1. The molecule has 5 nitrogen and oxygen atoms in total. The van der Waals surface area contributed by atoms with Crippen LogP contribution in [0.3, 0.4) is 0 Å². The lowest BCUT2D eigenvalue weighted by Crippen LogP contribution is -2.32. The van der Waals surface area contributed by atoms with Crippen LogP contribution in [0.25, 0.3) is 5.76 Å². The molecule has 0 bridgehead atoms. The van der Waals surface area contributed by atoms with Crippen molar-refractivity contribution in [1.29, 1.82) is 0 Å². The Morgan fingerprint density at radius 2 is 2.00 bits per heavy atom. The molecule has 1 aromatic carbocycles. The molecule has 0 saturated carbocycles. The van der Waals surface area contributed by atoms with Gasteiger partial charge in [-0.05, 0) is 17.7 Å². The third kappa shape index (κ3) is 2.45. The summed E-state index contributed by atoms with van der Waals surface area (Å²) in [6, 6.07) is 12.8. The number of aliphatic hydroxyl groups excluding tert-OH is 1. The van der Waals surface area contributed by atoms with E-state index in [1.54, 1.807) is 36.3 Å². The number of benzene rings is 1. The molecule has 106 valence electrons. The van der Waals surface area contributed by atoms with Gasteiger partial charge in [-0.15, -0.1) is 0 Å². The Morgan fingerprint density at radius 3 is 2.76 bits per heavy atom. The van der Waals surface area contributed by atoms with E-state index in [2.05, 4.69) is 10.3 Å². The Kier molecular flexibility index (Phi) is 3.31. The summed E-state index contributed by atoms with van der Waals surface area (Å²) in [5.41, 5.74) is 1.94. The lowest BCUT2D eigenvalue weighted by molar-refractivity contribution is -0.114. The lowest BCUT2D eigenvalue weighted by atomic mass is 9.99. The maximum atomic E-state index is 12.4. The minimum absolute atomic E-state index is 0.00668. The third-order valence-corrected chi connectivity index (χ3v) is 3.41. The average molecular weight is 281 g/mol. The summed E-state index contributed by atoms with van der Waals surface area (Å²) in [5.74, 6) is 0.0750. The highest BCUT2D eigenvalue weighted by molar-refractivity contribution is 6.07. The molecule has 21 heavy (non-hydrogen) atoms. The zero-order valence-electron chi connectivity index (χ0n) is 11.6. The molecule has 2 N–H and O–H groups in total. The van der Waals surface area contributed by atoms with Gasteiger partial charge in [0.1, 0.15) is 11.5 Å². The van der Waals surface area contributed by atoms with Crippen molar-refractivity contribution >= 4 is 17.5 Å². The van der Waals surface area contributed by atoms with Crippen LogP contribution in [0, 0.1) is 0 Å². The van der Waals surface area contributed by atoms with Gasteiger partial charge in [-0.2, -0.15) is 0 Å². The second kappa shape index (κ2) is 5.28. The molecule has 0 atom stereocenters. The monoisotopic (exact) mass is 281 g/mol. The van der Waals surface area contributed by atoms with E-state index in [1.807, 2.05) is 24.3 Å². The molecule has 1 aliphatic rings. The maximum absolute atomic E-state index is 12.4. The number of carbonyl (C=O) groups excluding carboxylic acids is 1. The van der Waals surface area contributed by atoms with Crippen molar-refractivity contribution in [3.05, 3.63) is 65.5 Å². The van der Waals surface area contributed by atoms with E-state index in [9.17, 15) is 9.90 Å². The Hall–Kier alpha value is -2.82. The zero-order chi connectivity index (χ0) is 14.8. The van der Waals surface area contributed by atoms with E-state index < -0.39 is 0 Å². The van der Waals surface area contributed by atoms with Crippen molar-refractivity contribution in [2.24, 2.45) is 0 Å². The van der Waals surface area contributed by atoms with Crippen LogP contribution in [0.15, 0.2) is 54.4 Å². The first-order valence-corrected chi connectivity index (χ1v) is 6.62. The van der Waals surface area contributed by atoms with Crippen molar-refractivity contribution in [3.8, 4) is 0 Å². The normalized spacial score (nSPS) is 13.9. The van der Waals surface area contributed by atoms with Crippen LogP contribution in [-0.4, -0.2) is 27.9 Å². The number of nitrogens with one attached hydrogen (secondary N) is 1. The van der Waals surface area contributed by atoms with E-state index in [0.717, 1.165) is 5.56 Å². The number of fused-ring (bicyclic) bond motifs is 1. The summed E-state index contributed by atoms with van der Waals surface area (Å²) in [6.45, 7) is 0.575. The number of hydrogen-bond acceptors (Lipinski definition) is 4. The summed E-state index contributed by atoms with van der Waals surface area (Å²) in [5, 5.41) is 13.1. The van der Waals surface area contributed by atoms with Crippen LogP contribution >= 0.6 is 0 Å². The van der Waals surface area contributed by atoms with Gasteiger partial charge in [-0.1, -0.05) is 30.3 Å². The molecule has 1 amide bonds. The Balaban J connectivity index is 1.95. The number of likely N-dealkylation sites (N-methyl/N-ethyl adjacent to an activating group) is 1. The molecule has 2 heterocycles. The minimum Gasteiger partial charge on any atom is -0.505 e. The number of aliphatic hydroxyl groups is 1. The molecule has 1 aromatic heterocycles. The van der Waals surface area contributed by atoms with Gasteiger partial charge in [0.2, 0.25) is 0 Å². The number of carbonyl (C=O) groups is 1. The predicted octanol–water partition coefficient (Wildman–Crippen LogP) is 2.39. The van der Waals surface area contributed by atoms with Crippen LogP contribution in [0.2, 0.25) is 0 Å². The molecule has 0 saturated heterocycles. The Labute approximate surface area is 122 Å². The number of rotatable bonds is 2. The molecular weight excluding hydrogens is 266 g/mol. The second-order valence-electron chi connectivity index (χ2n) is 4.88. The number of pyridine rings is 1. The number of amides is 1. The van der Waals surface area contributed by atoms with E-state index >= 15 is 0 Å². The van der Waals surface area contributed by atoms with Crippen molar-refractivity contribution in [2.75, 3.05) is 12.4 Å². The minimum atomic E-state index is -0.372. The number of nitrogens with zero attached hydrogens (tertiary/aromatic N) is 2. The molecule has 0 fully saturated rings. The van der Waals surface area contributed by atoms with Crippen molar-refractivity contribution in [2.45, 2.75) is 6.54 Å². The predicted molar refractivity (Wildman–Crippen MR) is 80.3 cm³/mol. The Morgan fingerprint density at radius 1 is 1.24 bits per heavy atom. The molecule has 0 radical (unpaired) electrons. The van der Waals surface area contributed by atoms with Crippen molar-refractivity contribution in [1.82, 2.24) is 9.88 Å². The van der Waals surface area contributed by atoms with Crippen molar-refractivity contribution < 1.29 is 9.90 Å². The highest BCUT2D eigenvalue weighted by Gasteiger charge is 2.27. The smallest absolute Gasteiger partial charge is 0.276 e. The standard InChI is InChI=1S/C16H15N3O2/c1-19-10-11-6-2-3-7-12(11)15(20)14(19)16(21)18-13-8-4-5-9-17-13/h2-9,20H,10H2,1H3,(H,17,18,21). The topological polar surface area (TPSA) is 65.5 Å². The van der Waals surface area contributed by atoms with E-state index in [-0.39, 0.29) is 17.4 Å². The maximum Gasteiger partial charge on any atom is 0.276 e. The van der Waals surface area contributed by atoms with Gasteiger partial charge < -0.3 is 15.3 Å². The van der Waals surface area contributed by atoms with Gasteiger partial charge in [-0.3, -0.25) is 4.79 Å². The van der Waals surface area contributed by atoms with Gasteiger partial charge in [-0.25, -0.2) is 4.98 Å². The Bertz CT molecular complexity index is 710. The van der Waals surface area contributed by atoms with Crippen LogP contribution in [-0.2, 0) is 11.3 Å². The molecule has 5 heteroatoms. The highest BCUT2D eigenvalue weighted by Crippen LogP contribution is 2.29. The summed E-state index contributed by atoms with van der Waals surface area (Å²) in [4.78, 5) is 18.2. The fraction of sp³-hybridized carbons (Fsp3) is 0.125. The first-order valence-electron chi connectivity index (χ1n) is 6.62. The summed E-state index contributed by atoms with van der Waals surface area (Å²) < 4.78 is 0. The largest absolute Gasteiger partial charge is 0.505 e. The van der Waals surface area contributed by atoms with Crippen LogP contribution < -0.4 is 5.32 Å². The average Bonchev–Trinajstić information content (AvgIpc) is 2.48. The fourth-order valence-electron chi connectivity index (χ4n) is 2.43. The quantitative estimate of drug-likeness (QED) is 0.887. The van der Waals surface area contributed by atoms with Crippen LogP contribution in [0.4, 0.5) is 5.82 Å². The second-order valence-corrected chi connectivity index (χ2v) is 4.88. The van der Waals surface area contributed by atoms with Gasteiger partial charge in [0, 0.05) is 25.4 Å². The van der Waals surface area contributed by atoms with Crippen LogP contribution in [0.5, 0.6) is 0 Å². The molecular formula is C16H15N3O2. The number of anilines is 1. The lowest BCUT2D eigenvalue weighted by Gasteiger charge is -2.28. The summed E-state index contributed by atoms with van der Waals surface area (Å²) >= 11 is 0. The van der Waals surface area contributed by atoms with Gasteiger partial charge in [0.05, 0.1) is 0 Å². The van der Waals surface area contributed by atoms with E-state index in [4.69, 9.17) is 0 Å².